The van der Waals surface area contributed by atoms with Crippen LogP contribution in [0, 0.1) is 0 Å². The quantitative estimate of drug-likeness (QED) is 0.776. The van der Waals surface area contributed by atoms with Crippen LogP contribution in [0.25, 0.3) is 22.8 Å². The maximum Gasteiger partial charge on any atom is 0.261 e. The topological polar surface area (TPSA) is 64.9 Å². The predicted octanol–water partition coefficient (Wildman–Crippen LogP) is 3.70. The SMILES string of the molecule is Nc1sccc1-c1nc(-c2ccc(Cl)cc2)no1. The lowest BCUT2D eigenvalue weighted by Gasteiger charge is -1.93. The van der Waals surface area contributed by atoms with Crippen LogP contribution in [0.3, 0.4) is 0 Å². The summed E-state index contributed by atoms with van der Waals surface area (Å²) in [7, 11) is 0. The Morgan fingerprint density at radius 3 is 2.61 bits per heavy atom. The number of hydrogen-bond acceptors (Lipinski definition) is 5. The number of aromatic nitrogens is 2. The van der Waals surface area contributed by atoms with Gasteiger partial charge in [-0.25, -0.2) is 0 Å². The minimum Gasteiger partial charge on any atom is -0.390 e. The van der Waals surface area contributed by atoms with E-state index in [1.807, 2.05) is 23.6 Å². The molecular weight excluding hydrogens is 270 g/mol. The number of benzene rings is 1. The lowest BCUT2D eigenvalue weighted by molar-refractivity contribution is 0.432. The number of hydrogen-bond donors (Lipinski definition) is 1. The van der Waals surface area contributed by atoms with Crippen LogP contribution in [-0.2, 0) is 0 Å². The minimum atomic E-state index is 0.429. The van der Waals surface area contributed by atoms with Crippen molar-refractivity contribution in [2.75, 3.05) is 5.73 Å². The van der Waals surface area contributed by atoms with Crippen molar-refractivity contribution < 1.29 is 4.52 Å². The van der Waals surface area contributed by atoms with Gasteiger partial charge in [0.05, 0.1) is 10.6 Å². The van der Waals surface area contributed by atoms with Crippen molar-refractivity contribution >= 4 is 27.9 Å². The molecular formula is C12H8ClN3OS. The molecule has 0 fully saturated rings. The molecule has 2 heterocycles. The zero-order valence-electron chi connectivity index (χ0n) is 9.13. The Kier molecular flexibility index (Phi) is 2.77. The van der Waals surface area contributed by atoms with Crippen LogP contribution in [0.15, 0.2) is 40.2 Å². The maximum absolute atomic E-state index is 5.83. The lowest BCUT2D eigenvalue weighted by atomic mass is 10.2. The molecule has 0 radical (unpaired) electrons. The van der Waals surface area contributed by atoms with Crippen molar-refractivity contribution in [3.63, 3.8) is 0 Å². The molecule has 0 aliphatic carbocycles. The van der Waals surface area contributed by atoms with Gasteiger partial charge in [-0.1, -0.05) is 16.8 Å². The first-order valence-corrected chi connectivity index (χ1v) is 6.43. The van der Waals surface area contributed by atoms with Crippen molar-refractivity contribution in [2.24, 2.45) is 0 Å². The van der Waals surface area contributed by atoms with Gasteiger partial charge in [0.1, 0.15) is 0 Å². The van der Waals surface area contributed by atoms with Crippen molar-refractivity contribution in [1.29, 1.82) is 0 Å². The summed E-state index contributed by atoms with van der Waals surface area (Å²) in [6.07, 6.45) is 0. The molecule has 3 rings (SSSR count). The number of thiophene rings is 1. The molecule has 3 aromatic rings. The molecule has 0 saturated heterocycles. The maximum atomic E-state index is 5.83. The standard InChI is InChI=1S/C12H8ClN3OS/c13-8-3-1-7(2-4-8)11-15-12(17-16-11)9-5-6-18-10(9)14/h1-6H,14H2. The third-order valence-electron chi connectivity index (χ3n) is 2.45. The fraction of sp³-hybridized carbons (Fsp3) is 0. The molecule has 0 aliphatic rings. The van der Waals surface area contributed by atoms with Gasteiger partial charge in [0.25, 0.3) is 5.89 Å². The predicted molar refractivity (Wildman–Crippen MR) is 72.5 cm³/mol. The van der Waals surface area contributed by atoms with E-state index in [1.165, 1.54) is 11.3 Å². The molecule has 0 amide bonds. The summed E-state index contributed by atoms with van der Waals surface area (Å²) in [4.78, 5) is 4.32. The Bertz CT molecular complexity index is 675. The first-order valence-electron chi connectivity index (χ1n) is 5.17. The zero-order chi connectivity index (χ0) is 12.5. The monoisotopic (exact) mass is 277 g/mol. The van der Waals surface area contributed by atoms with Crippen molar-refractivity contribution in [2.45, 2.75) is 0 Å². The molecule has 1 aromatic carbocycles. The minimum absolute atomic E-state index is 0.429. The molecule has 90 valence electrons. The summed E-state index contributed by atoms with van der Waals surface area (Å²) >= 11 is 7.27. The molecule has 0 unspecified atom stereocenters. The summed E-state index contributed by atoms with van der Waals surface area (Å²) in [5.74, 6) is 0.950. The second-order valence-electron chi connectivity index (χ2n) is 3.63. The molecule has 2 N–H and O–H groups in total. The van der Waals surface area contributed by atoms with Crippen LogP contribution in [0.1, 0.15) is 0 Å². The first-order chi connectivity index (χ1) is 8.74. The second-order valence-corrected chi connectivity index (χ2v) is 5.01. The van der Waals surface area contributed by atoms with E-state index in [-0.39, 0.29) is 0 Å². The Morgan fingerprint density at radius 2 is 1.94 bits per heavy atom. The molecule has 0 aliphatic heterocycles. The van der Waals surface area contributed by atoms with Gasteiger partial charge in [0, 0.05) is 10.6 Å². The average molecular weight is 278 g/mol. The highest BCUT2D eigenvalue weighted by molar-refractivity contribution is 7.14. The lowest BCUT2D eigenvalue weighted by Crippen LogP contribution is -1.84. The second kappa shape index (κ2) is 4.44. The van der Waals surface area contributed by atoms with Crippen LogP contribution in [-0.4, -0.2) is 10.1 Å². The number of nitrogens with zero attached hydrogens (tertiary/aromatic N) is 2. The van der Waals surface area contributed by atoms with Gasteiger partial charge in [-0.15, -0.1) is 11.3 Å². The highest BCUT2D eigenvalue weighted by Gasteiger charge is 2.13. The van der Waals surface area contributed by atoms with Crippen molar-refractivity contribution in [3.8, 4) is 22.8 Å². The largest absolute Gasteiger partial charge is 0.390 e. The third-order valence-corrected chi connectivity index (χ3v) is 3.45. The molecule has 0 bridgehead atoms. The fourth-order valence-electron chi connectivity index (χ4n) is 1.55. The number of rotatable bonds is 2. The van der Waals surface area contributed by atoms with Crippen LogP contribution >= 0.6 is 22.9 Å². The molecule has 18 heavy (non-hydrogen) atoms. The summed E-state index contributed by atoms with van der Waals surface area (Å²) < 4.78 is 5.21. The van der Waals surface area contributed by atoms with Crippen molar-refractivity contribution in [3.05, 3.63) is 40.7 Å². The van der Waals surface area contributed by atoms with E-state index in [9.17, 15) is 0 Å². The third kappa shape index (κ3) is 1.98. The van der Waals surface area contributed by atoms with E-state index in [0.717, 1.165) is 11.1 Å². The molecule has 2 aromatic heterocycles. The average Bonchev–Trinajstić information content (AvgIpc) is 2.98. The van der Waals surface area contributed by atoms with Gasteiger partial charge in [0.2, 0.25) is 5.82 Å². The Morgan fingerprint density at radius 1 is 1.17 bits per heavy atom. The Labute approximate surface area is 112 Å². The molecule has 4 nitrogen and oxygen atoms in total. The van der Waals surface area contributed by atoms with Gasteiger partial charge >= 0.3 is 0 Å². The fourth-order valence-corrected chi connectivity index (χ4v) is 2.31. The normalized spacial score (nSPS) is 10.7. The smallest absolute Gasteiger partial charge is 0.261 e. The van der Waals surface area contributed by atoms with E-state index in [0.29, 0.717) is 21.7 Å². The zero-order valence-corrected chi connectivity index (χ0v) is 10.7. The van der Waals surface area contributed by atoms with E-state index in [2.05, 4.69) is 10.1 Å². The van der Waals surface area contributed by atoms with Gasteiger partial charge < -0.3 is 10.3 Å². The first kappa shape index (κ1) is 11.3. The number of halogens is 1. The summed E-state index contributed by atoms with van der Waals surface area (Å²) in [5.41, 5.74) is 7.43. The summed E-state index contributed by atoms with van der Waals surface area (Å²) in [6, 6.07) is 9.11. The molecule has 0 atom stereocenters. The van der Waals surface area contributed by atoms with Gasteiger partial charge in [0.15, 0.2) is 0 Å². The van der Waals surface area contributed by atoms with Crippen LogP contribution in [0.4, 0.5) is 5.00 Å². The van der Waals surface area contributed by atoms with E-state index >= 15 is 0 Å². The van der Waals surface area contributed by atoms with Gasteiger partial charge in [-0.05, 0) is 35.7 Å². The summed E-state index contributed by atoms with van der Waals surface area (Å²) in [5, 5.41) is 7.16. The number of nitrogens with two attached hydrogens (primary N) is 1. The highest BCUT2D eigenvalue weighted by Crippen LogP contribution is 2.30. The van der Waals surface area contributed by atoms with Crippen molar-refractivity contribution in [1.82, 2.24) is 10.1 Å². The number of anilines is 1. The molecule has 6 heteroatoms. The number of nitrogen functional groups attached to an aromatic ring is 1. The van der Waals surface area contributed by atoms with E-state index in [1.54, 1.807) is 12.1 Å². The van der Waals surface area contributed by atoms with Crippen LogP contribution in [0.5, 0.6) is 0 Å². The van der Waals surface area contributed by atoms with Gasteiger partial charge in [-0.2, -0.15) is 4.98 Å². The van der Waals surface area contributed by atoms with Gasteiger partial charge in [-0.3, -0.25) is 0 Å². The highest BCUT2D eigenvalue weighted by atomic mass is 35.5. The molecule has 0 saturated carbocycles. The summed E-state index contributed by atoms with van der Waals surface area (Å²) in [6.45, 7) is 0. The van der Waals surface area contributed by atoms with Crippen LogP contribution in [0.2, 0.25) is 5.02 Å². The Balaban J connectivity index is 1.99. The van der Waals surface area contributed by atoms with E-state index in [4.69, 9.17) is 21.9 Å². The van der Waals surface area contributed by atoms with Crippen LogP contribution < -0.4 is 5.73 Å². The Hall–Kier alpha value is -1.85. The van der Waals surface area contributed by atoms with E-state index < -0.39 is 0 Å². The molecule has 0 spiro atoms.